The van der Waals surface area contributed by atoms with Crippen LogP contribution in [0.1, 0.15) is 29.3 Å². The van der Waals surface area contributed by atoms with Gasteiger partial charge in [-0.15, -0.1) is 11.3 Å². The average Bonchev–Trinajstić information content (AvgIpc) is 2.79. The molecule has 2 unspecified atom stereocenters. The van der Waals surface area contributed by atoms with Gasteiger partial charge in [0.15, 0.2) is 0 Å². The number of hydrogen-bond donors (Lipinski definition) is 2. The Morgan fingerprint density at radius 2 is 2.50 bits per heavy atom. The first-order valence-corrected chi connectivity index (χ1v) is 6.87. The fourth-order valence-corrected chi connectivity index (χ4v) is 4.05. The zero-order chi connectivity index (χ0) is 9.97. The molecule has 0 bridgehead atoms. The summed E-state index contributed by atoms with van der Waals surface area (Å²) in [6.07, 6.45) is 2.62. The summed E-state index contributed by atoms with van der Waals surface area (Å²) in [6, 6.07) is 2.58. The molecule has 1 fully saturated rings. The highest BCUT2D eigenvalue weighted by atomic mass is 32.2. The Morgan fingerprint density at radius 3 is 3.00 bits per heavy atom. The Morgan fingerprint density at radius 1 is 1.64 bits per heavy atom. The van der Waals surface area contributed by atoms with Gasteiger partial charge in [-0.1, -0.05) is 0 Å². The molecule has 0 amide bonds. The molecule has 1 aliphatic rings. The highest BCUT2D eigenvalue weighted by molar-refractivity contribution is 8.00. The molecule has 1 aromatic rings. The molecular weight excluding hydrogens is 212 g/mol. The van der Waals surface area contributed by atoms with Crippen LogP contribution in [0, 0.1) is 6.92 Å². The number of rotatable bonds is 3. The van der Waals surface area contributed by atoms with E-state index in [1.165, 1.54) is 29.0 Å². The van der Waals surface area contributed by atoms with E-state index in [0.29, 0.717) is 11.3 Å². The summed E-state index contributed by atoms with van der Waals surface area (Å²) in [5.41, 5.74) is 4.32. The predicted molar refractivity (Wildman–Crippen MR) is 64.6 cm³/mol. The molecule has 0 saturated carbocycles. The minimum Gasteiger partial charge on any atom is -0.271 e. The summed E-state index contributed by atoms with van der Waals surface area (Å²) >= 11 is 3.84. The van der Waals surface area contributed by atoms with Crippen molar-refractivity contribution in [2.24, 2.45) is 5.84 Å². The highest BCUT2D eigenvalue weighted by Gasteiger charge is 2.26. The third-order valence-electron chi connectivity index (χ3n) is 2.63. The van der Waals surface area contributed by atoms with Crippen molar-refractivity contribution in [2.75, 3.05) is 5.75 Å². The maximum Gasteiger partial charge on any atom is 0.0586 e. The van der Waals surface area contributed by atoms with E-state index in [1.54, 1.807) is 11.3 Å². The Labute approximate surface area is 93.2 Å². The van der Waals surface area contributed by atoms with Crippen LogP contribution in [0.2, 0.25) is 0 Å². The minimum absolute atomic E-state index is 0.340. The minimum atomic E-state index is 0.340. The Kier molecular flexibility index (Phi) is 3.49. The summed E-state index contributed by atoms with van der Waals surface area (Å²) in [5.74, 6) is 6.92. The van der Waals surface area contributed by atoms with Gasteiger partial charge in [0, 0.05) is 10.1 Å². The molecule has 1 saturated heterocycles. The van der Waals surface area contributed by atoms with Crippen LogP contribution >= 0.6 is 23.1 Å². The van der Waals surface area contributed by atoms with Crippen molar-refractivity contribution in [2.45, 2.75) is 31.1 Å². The number of nitrogens with one attached hydrogen (secondary N) is 1. The SMILES string of the molecule is Cc1cc(C(NN)C2CCCS2)cs1. The van der Waals surface area contributed by atoms with Gasteiger partial charge >= 0.3 is 0 Å². The van der Waals surface area contributed by atoms with Crippen LogP contribution in [0.3, 0.4) is 0 Å². The number of thiophene rings is 1. The molecule has 2 atom stereocenters. The zero-order valence-corrected chi connectivity index (χ0v) is 9.96. The van der Waals surface area contributed by atoms with Gasteiger partial charge in [-0.3, -0.25) is 11.3 Å². The van der Waals surface area contributed by atoms with E-state index >= 15 is 0 Å². The van der Waals surface area contributed by atoms with Crippen molar-refractivity contribution in [1.29, 1.82) is 0 Å². The largest absolute Gasteiger partial charge is 0.271 e. The van der Waals surface area contributed by atoms with Crippen molar-refractivity contribution >= 4 is 23.1 Å². The first-order chi connectivity index (χ1) is 6.81. The Bertz CT molecular complexity index is 292. The van der Waals surface area contributed by atoms with E-state index in [1.807, 2.05) is 11.8 Å². The van der Waals surface area contributed by atoms with Gasteiger partial charge in [-0.05, 0) is 42.5 Å². The van der Waals surface area contributed by atoms with Crippen molar-refractivity contribution in [3.63, 3.8) is 0 Å². The molecule has 0 radical (unpaired) electrons. The molecule has 2 heterocycles. The van der Waals surface area contributed by atoms with E-state index in [9.17, 15) is 0 Å². The third-order valence-corrected chi connectivity index (χ3v) is 4.97. The summed E-state index contributed by atoms with van der Waals surface area (Å²) in [4.78, 5) is 1.36. The van der Waals surface area contributed by atoms with Crippen LogP contribution in [0.25, 0.3) is 0 Å². The number of thioether (sulfide) groups is 1. The quantitative estimate of drug-likeness (QED) is 0.616. The molecule has 2 nitrogen and oxygen atoms in total. The molecular formula is C10H16N2S2. The van der Waals surface area contributed by atoms with Gasteiger partial charge in [-0.25, -0.2) is 0 Å². The summed E-state index contributed by atoms with van der Waals surface area (Å²) in [5, 5.41) is 2.88. The molecule has 3 N–H and O–H groups in total. The lowest BCUT2D eigenvalue weighted by Crippen LogP contribution is -2.33. The fraction of sp³-hybridized carbons (Fsp3) is 0.600. The van der Waals surface area contributed by atoms with Gasteiger partial charge in [-0.2, -0.15) is 11.8 Å². The van der Waals surface area contributed by atoms with Gasteiger partial charge in [0.05, 0.1) is 6.04 Å². The molecule has 0 aliphatic carbocycles. The molecule has 14 heavy (non-hydrogen) atoms. The maximum absolute atomic E-state index is 5.64. The molecule has 4 heteroatoms. The van der Waals surface area contributed by atoms with E-state index in [0.717, 1.165) is 0 Å². The van der Waals surface area contributed by atoms with Gasteiger partial charge in [0.25, 0.3) is 0 Å². The lowest BCUT2D eigenvalue weighted by molar-refractivity contribution is 0.521. The number of aryl methyl sites for hydroxylation is 1. The normalized spacial score (nSPS) is 24.0. The number of hydrazine groups is 1. The maximum atomic E-state index is 5.64. The van der Waals surface area contributed by atoms with E-state index < -0.39 is 0 Å². The number of hydrogen-bond acceptors (Lipinski definition) is 4. The monoisotopic (exact) mass is 228 g/mol. The number of nitrogens with two attached hydrogens (primary N) is 1. The fourth-order valence-electron chi connectivity index (χ4n) is 1.91. The van der Waals surface area contributed by atoms with Crippen molar-refractivity contribution in [3.05, 3.63) is 21.9 Å². The van der Waals surface area contributed by atoms with Gasteiger partial charge in [0.2, 0.25) is 0 Å². The van der Waals surface area contributed by atoms with E-state index in [-0.39, 0.29) is 0 Å². The summed E-state index contributed by atoms with van der Waals surface area (Å²) < 4.78 is 0. The zero-order valence-electron chi connectivity index (χ0n) is 8.32. The summed E-state index contributed by atoms with van der Waals surface area (Å²) in [6.45, 7) is 2.14. The first kappa shape index (κ1) is 10.5. The highest BCUT2D eigenvalue weighted by Crippen LogP contribution is 2.36. The lowest BCUT2D eigenvalue weighted by atomic mass is 10.0. The van der Waals surface area contributed by atoms with Crippen LogP contribution < -0.4 is 11.3 Å². The van der Waals surface area contributed by atoms with Crippen molar-refractivity contribution in [3.8, 4) is 0 Å². The standard InChI is InChI=1S/C10H16N2S2/c1-7-5-8(6-14-7)10(12-11)9-3-2-4-13-9/h5-6,9-10,12H,2-4,11H2,1H3. The molecule has 2 rings (SSSR count). The van der Waals surface area contributed by atoms with Crippen LogP contribution in [0.5, 0.6) is 0 Å². The van der Waals surface area contributed by atoms with Gasteiger partial charge < -0.3 is 0 Å². The first-order valence-electron chi connectivity index (χ1n) is 4.94. The Hall–Kier alpha value is -0.0300. The van der Waals surface area contributed by atoms with Crippen LogP contribution in [0.15, 0.2) is 11.4 Å². The third kappa shape index (κ3) is 2.14. The second kappa shape index (κ2) is 4.66. The van der Waals surface area contributed by atoms with E-state index in [4.69, 9.17) is 5.84 Å². The molecule has 78 valence electrons. The Balaban J connectivity index is 2.12. The van der Waals surface area contributed by atoms with Crippen molar-refractivity contribution < 1.29 is 0 Å². The van der Waals surface area contributed by atoms with Gasteiger partial charge in [0.1, 0.15) is 0 Å². The van der Waals surface area contributed by atoms with E-state index in [2.05, 4.69) is 23.8 Å². The second-order valence-corrected chi connectivity index (χ2v) is 6.15. The van der Waals surface area contributed by atoms with Crippen LogP contribution in [-0.2, 0) is 0 Å². The predicted octanol–water partition coefficient (Wildman–Crippen LogP) is 2.46. The summed E-state index contributed by atoms with van der Waals surface area (Å²) in [7, 11) is 0. The molecule has 0 spiro atoms. The molecule has 1 aromatic heterocycles. The molecule has 1 aliphatic heterocycles. The second-order valence-electron chi connectivity index (χ2n) is 3.69. The average molecular weight is 228 g/mol. The smallest absolute Gasteiger partial charge is 0.0586 e. The van der Waals surface area contributed by atoms with Crippen LogP contribution in [0.4, 0.5) is 0 Å². The lowest BCUT2D eigenvalue weighted by Gasteiger charge is -2.20. The van der Waals surface area contributed by atoms with Crippen molar-refractivity contribution in [1.82, 2.24) is 5.43 Å². The van der Waals surface area contributed by atoms with Crippen LogP contribution in [-0.4, -0.2) is 11.0 Å². The topological polar surface area (TPSA) is 38.0 Å². The molecule has 0 aromatic carbocycles.